The van der Waals surface area contributed by atoms with Crippen LogP contribution in [0.4, 0.5) is 0 Å². The van der Waals surface area contributed by atoms with Crippen molar-refractivity contribution < 1.29 is 9.53 Å². The van der Waals surface area contributed by atoms with Crippen molar-refractivity contribution >= 4 is 23.8 Å². The second-order valence-electron chi connectivity index (χ2n) is 3.26. The molecule has 0 unspecified atom stereocenters. The van der Waals surface area contributed by atoms with Crippen LogP contribution in [-0.4, -0.2) is 24.8 Å². The van der Waals surface area contributed by atoms with E-state index < -0.39 is 6.04 Å². The Hall–Kier alpha value is -1.35. The second-order valence-corrected chi connectivity index (χ2v) is 3.69. The van der Waals surface area contributed by atoms with E-state index in [1.54, 1.807) is 32.2 Å². The zero-order valence-electron chi connectivity index (χ0n) is 9.31. The molecule has 0 heterocycles. The lowest BCUT2D eigenvalue weighted by Gasteiger charge is -2.04. The molecule has 1 aromatic rings. The van der Waals surface area contributed by atoms with E-state index in [4.69, 9.17) is 16.3 Å². The molecule has 0 spiro atoms. The summed E-state index contributed by atoms with van der Waals surface area (Å²) in [6.07, 6.45) is 1.64. The molecule has 1 atom stereocenters. The first-order valence-electron chi connectivity index (χ1n) is 5.09. The molecule has 0 saturated carbocycles. The van der Waals surface area contributed by atoms with Crippen LogP contribution in [0.15, 0.2) is 29.3 Å². The normalized spacial score (nSPS) is 12.7. The van der Waals surface area contributed by atoms with Gasteiger partial charge in [-0.1, -0.05) is 23.7 Å². The van der Waals surface area contributed by atoms with Gasteiger partial charge in [-0.05, 0) is 31.5 Å². The molecule has 0 saturated heterocycles. The number of halogens is 1. The Morgan fingerprint density at radius 2 is 2.12 bits per heavy atom. The molecule has 1 rings (SSSR count). The predicted molar refractivity (Wildman–Crippen MR) is 65.1 cm³/mol. The first kappa shape index (κ1) is 12.7. The third kappa shape index (κ3) is 4.03. The Labute approximate surface area is 100 Å². The minimum Gasteiger partial charge on any atom is -0.464 e. The highest BCUT2D eigenvalue weighted by atomic mass is 35.5. The summed E-state index contributed by atoms with van der Waals surface area (Å²) in [6.45, 7) is 3.84. The van der Waals surface area contributed by atoms with Crippen molar-refractivity contribution in [2.24, 2.45) is 4.99 Å². The van der Waals surface area contributed by atoms with Gasteiger partial charge in [0.05, 0.1) is 6.61 Å². The lowest BCUT2D eigenvalue weighted by atomic mass is 10.2. The number of carbonyl (C=O) groups excluding carboxylic acids is 1. The SMILES string of the molecule is CCOC(=O)[C@H](C)/N=C/c1ccc(Cl)cc1. The first-order valence-corrected chi connectivity index (χ1v) is 5.46. The van der Waals surface area contributed by atoms with E-state index in [0.29, 0.717) is 11.6 Å². The maximum Gasteiger partial charge on any atom is 0.330 e. The zero-order valence-corrected chi connectivity index (χ0v) is 10.1. The van der Waals surface area contributed by atoms with Gasteiger partial charge in [0.25, 0.3) is 0 Å². The van der Waals surface area contributed by atoms with Crippen LogP contribution in [0.3, 0.4) is 0 Å². The first-order chi connectivity index (χ1) is 7.63. The number of ether oxygens (including phenoxy) is 1. The van der Waals surface area contributed by atoms with E-state index in [1.807, 2.05) is 12.1 Å². The van der Waals surface area contributed by atoms with Gasteiger partial charge in [-0.25, -0.2) is 4.79 Å². The van der Waals surface area contributed by atoms with Gasteiger partial charge in [-0.15, -0.1) is 0 Å². The van der Waals surface area contributed by atoms with E-state index in [2.05, 4.69) is 4.99 Å². The maximum atomic E-state index is 11.3. The molecule has 0 aromatic heterocycles. The Balaban J connectivity index is 2.59. The van der Waals surface area contributed by atoms with Crippen LogP contribution in [0.1, 0.15) is 19.4 Å². The zero-order chi connectivity index (χ0) is 12.0. The summed E-state index contributed by atoms with van der Waals surface area (Å²) in [5, 5.41) is 0.676. The Kier molecular flexibility index (Phi) is 4.99. The monoisotopic (exact) mass is 239 g/mol. The minimum absolute atomic E-state index is 0.312. The fraction of sp³-hybridized carbons (Fsp3) is 0.333. The Morgan fingerprint density at radius 3 is 2.69 bits per heavy atom. The van der Waals surface area contributed by atoms with Crippen LogP contribution < -0.4 is 0 Å². The largest absolute Gasteiger partial charge is 0.464 e. The van der Waals surface area contributed by atoms with E-state index in [0.717, 1.165) is 5.56 Å². The third-order valence-electron chi connectivity index (χ3n) is 1.94. The van der Waals surface area contributed by atoms with E-state index in [1.165, 1.54) is 0 Å². The molecule has 86 valence electrons. The minimum atomic E-state index is -0.476. The number of rotatable bonds is 4. The van der Waals surface area contributed by atoms with Crippen molar-refractivity contribution in [3.8, 4) is 0 Å². The lowest BCUT2D eigenvalue weighted by molar-refractivity contribution is -0.144. The Bertz CT molecular complexity index is 373. The lowest BCUT2D eigenvalue weighted by Crippen LogP contribution is -2.18. The van der Waals surface area contributed by atoms with Gasteiger partial charge in [0.15, 0.2) is 0 Å². The van der Waals surface area contributed by atoms with Crippen LogP contribution in [0.2, 0.25) is 5.02 Å². The molecular weight excluding hydrogens is 226 g/mol. The van der Waals surface area contributed by atoms with Crippen molar-refractivity contribution in [3.63, 3.8) is 0 Å². The van der Waals surface area contributed by atoms with Gasteiger partial charge < -0.3 is 4.74 Å². The highest BCUT2D eigenvalue weighted by Gasteiger charge is 2.10. The number of esters is 1. The van der Waals surface area contributed by atoms with Gasteiger partial charge in [0.1, 0.15) is 6.04 Å². The fourth-order valence-electron chi connectivity index (χ4n) is 1.07. The average Bonchev–Trinajstić information content (AvgIpc) is 2.28. The van der Waals surface area contributed by atoms with Crippen LogP contribution in [-0.2, 0) is 9.53 Å². The smallest absolute Gasteiger partial charge is 0.330 e. The van der Waals surface area contributed by atoms with Crippen molar-refractivity contribution in [2.45, 2.75) is 19.9 Å². The van der Waals surface area contributed by atoms with E-state index >= 15 is 0 Å². The molecule has 0 aliphatic carbocycles. The molecular formula is C12H14ClNO2. The van der Waals surface area contributed by atoms with Gasteiger partial charge in [-0.3, -0.25) is 4.99 Å². The molecule has 16 heavy (non-hydrogen) atoms. The molecule has 1 aromatic carbocycles. The third-order valence-corrected chi connectivity index (χ3v) is 2.20. The number of hydrogen-bond acceptors (Lipinski definition) is 3. The van der Waals surface area contributed by atoms with Gasteiger partial charge in [0.2, 0.25) is 0 Å². The summed E-state index contributed by atoms with van der Waals surface area (Å²) in [5.41, 5.74) is 0.903. The summed E-state index contributed by atoms with van der Waals surface area (Å²) >= 11 is 5.75. The maximum absolute atomic E-state index is 11.3. The summed E-state index contributed by atoms with van der Waals surface area (Å²) in [6, 6.07) is 6.75. The highest BCUT2D eigenvalue weighted by Crippen LogP contribution is 2.08. The predicted octanol–water partition coefficient (Wildman–Crippen LogP) is 2.71. The van der Waals surface area contributed by atoms with Crippen LogP contribution >= 0.6 is 11.6 Å². The van der Waals surface area contributed by atoms with Crippen LogP contribution in [0.25, 0.3) is 0 Å². The molecule has 3 nitrogen and oxygen atoms in total. The molecule has 4 heteroatoms. The standard InChI is InChI=1S/C12H14ClNO2/c1-3-16-12(15)9(2)14-8-10-4-6-11(13)7-5-10/h4-9H,3H2,1-2H3/b14-8+/t9-/m0/s1. The van der Waals surface area contributed by atoms with E-state index in [-0.39, 0.29) is 5.97 Å². The Morgan fingerprint density at radius 1 is 1.50 bits per heavy atom. The second kappa shape index (κ2) is 6.28. The van der Waals surface area contributed by atoms with Crippen LogP contribution in [0.5, 0.6) is 0 Å². The fourth-order valence-corrected chi connectivity index (χ4v) is 1.20. The van der Waals surface area contributed by atoms with Crippen LogP contribution in [0, 0.1) is 0 Å². The molecule has 0 fully saturated rings. The van der Waals surface area contributed by atoms with Crippen molar-refractivity contribution in [1.82, 2.24) is 0 Å². The molecule has 0 aliphatic rings. The molecule has 0 bridgehead atoms. The van der Waals surface area contributed by atoms with Crippen molar-refractivity contribution in [2.75, 3.05) is 6.61 Å². The summed E-state index contributed by atoms with van der Waals surface area (Å²) in [4.78, 5) is 15.4. The summed E-state index contributed by atoms with van der Waals surface area (Å²) in [5.74, 6) is -0.312. The van der Waals surface area contributed by atoms with Crippen molar-refractivity contribution in [3.05, 3.63) is 34.9 Å². The van der Waals surface area contributed by atoms with Gasteiger partial charge in [-0.2, -0.15) is 0 Å². The number of hydrogen-bond donors (Lipinski definition) is 0. The molecule has 0 radical (unpaired) electrons. The van der Waals surface area contributed by atoms with E-state index in [9.17, 15) is 4.79 Å². The average molecular weight is 240 g/mol. The molecule has 0 amide bonds. The number of nitrogens with zero attached hydrogens (tertiary/aromatic N) is 1. The number of carbonyl (C=O) groups is 1. The topological polar surface area (TPSA) is 38.7 Å². The molecule has 0 N–H and O–H groups in total. The summed E-state index contributed by atoms with van der Waals surface area (Å²) < 4.78 is 4.84. The van der Waals surface area contributed by atoms with Gasteiger partial charge >= 0.3 is 5.97 Å². The molecule has 0 aliphatic heterocycles. The van der Waals surface area contributed by atoms with Crippen molar-refractivity contribution in [1.29, 1.82) is 0 Å². The highest BCUT2D eigenvalue weighted by molar-refractivity contribution is 6.30. The summed E-state index contributed by atoms with van der Waals surface area (Å²) in [7, 11) is 0. The number of aliphatic imine (C=N–C) groups is 1. The quantitative estimate of drug-likeness (QED) is 0.599. The number of benzene rings is 1. The van der Waals surface area contributed by atoms with Gasteiger partial charge in [0, 0.05) is 11.2 Å².